The lowest BCUT2D eigenvalue weighted by atomic mass is 9.69. The summed E-state index contributed by atoms with van der Waals surface area (Å²) in [5.74, 6) is 0.369. The molecular weight excluding hydrogens is 286 g/mol. The molecule has 0 saturated carbocycles. The van der Waals surface area contributed by atoms with Crippen LogP contribution < -0.4 is 16.0 Å². The van der Waals surface area contributed by atoms with Crippen LogP contribution in [-0.2, 0) is 0 Å². The van der Waals surface area contributed by atoms with Crippen LogP contribution in [0, 0.1) is 5.92 Å². The van der Waals surface area contributed by atoms with Crippen LogP contribution in [0.3, 0.4) is 0 Å². The second kappa shape index (κ2) is 6.91. The van der Waals surface area contributed by atoms with Crippen LogP contribution in [0.5, 0.6) is 0 Å². The summed E-state index contributed by atoms with van der Waals surface area (Å²) in [6.07, 6.45) is 3.04. The normalized spacial score (nSPS) is 34.0. The molecular formula is C19H31N3O. The van der Waals surface area contributed by atoms with Gasteiger partial charge in [-0.1, -0.05) is 39.0 Å². The summed E-state index contributed by atoms with van der Waals surface area (Å²) in [4.78, 5) is 12.4. The fourth-order valence-corrected chi connectivity index (χ4v) is 3.64. The maximum atomic E-state index is 12.4. The van der Waals surface area contributed by atoms with Crippen LogP contribution in [0.1, 0.15) is 53.9 Å². The molecule has 1 saturated heterocycles. The van der Waals surface area contributed by atoms with Gasteiger partial charge in [-0.05, 0) is 51.2 Å². The predicted octanol–water partition coefficient (Wildman–Crippen LogP) is 4.14. The molecule has 4 nitrogen and oxygen atoms in total. The average molecular weight is 317 g/mol. The SMILES string of the molecule is CCC1(C)CC(NC(=O)Nc2ccccc2)C(C)C(C)(CC)N1. The maximum absolute atomic E-state index is 12.4. The van der Waals surface area contributed by atoms with Gasteiger partial charge in [-0.2, -0.15) is 0 Å². The minimum absolute atomic E-state index is 0.0354. The summed E-state index contributed by atoms with van der Waals surface area (Å²) in [6.45, 7) is 11.2. The largest absolute Gasteiger partial charge is 0.335 e. The van der Waals surface area contributed by atoms with E-state index in [1.807, 2.05) is 30.3 Å². The van der Waals surface area contributed by atoms with Gasteiger partial charge in [0, 0.05) is 22.8 Å². The third-order valence-corrected chi connectivity index (χ3v) is 5.73. The Hall–Kier alpha value is -1.55. The number of urea groups is 1. The van der Waals surface area contributed by atoms with Gasteiger partial charge in [0.2, 0.25) is 0 Å². The Balaban J connectivity index is 2.09. The molecule has 1 aromatic rings. The molecule has 0 aromatic heterocycles. The second-order valence-corrected chi connectivity index (χ2v) is 7.37. The van der Waals surface area contributed by atoms with Crippen molar-refractivity contribution in [3.05, 3.63) is 30.3 Å². The highest BCUT2D eigenvalue weighted by Crippen LogP contribution is 2.37. The summed E-state index contributed by atoms with van der Waals surface area (Å²) in [5.41, 5.74) is 0.915. The summed E-state index contributed by atoms with van der Waals surface area (Å²) in [7, 11) is 0. The van der Waals surface area contributed by atoms with Crippen molar-refractivity contribution in [2.24, 2.45) is 5.92 Å². The van der Waals surface area contributed by atoms with Gasteiger partial charge in [0.15, 0.2) is 0 Å². The van der Waals surface area contributed by atoms with Crippen molar-refractivity contribution in [2.45, 2.75) is 71.0 Å². The van der Waals surface area contributed by atoms with Crippen molar-refractivity contribution in [1.82, 2.24) is 10.6 Å². The molecule has 0 bridgehead atoms. The molecule has 0 spiro atoms. The van der Waals surface area contributed by atoms with Gasteiger partial charge in [0.25, 0.3) is 0 Å². The summed E-state index contributed by atoms with van der Waals surface area (Å²) < 4.78 is 0. The minimum Gasteiger partial charge on any atom is -0.335 e. The van der Waals surface area contributed by atoms with Crippen LogP contribution in [-0.4, -0.2) is 23.2 Å². The molecule has 0 aliphatic carbocycles. The van der Waals surface area contributed by atoms with E-state index >= 15 is 0 Å². The van der Waals surface area contributed by atoms with E-state index in [-0.39, 0.29) is 23.2 Å². The monoisotopic (exact) mass is 317 g/mol. The molecule has 4 heteroatoms. The number of piperidine rings is 1. The summed E-state index contributed by atoms with van der Waals surface area (Å²) in [6, 6.07) is 9.63. The number of amides is 2. The molecule has 1 heterocycles. The first-order valence-electron chi connectivity index (χ1n) is 8.74. The van der Waals surface area contributed by atoms with Gasteiger partial charge in [-0.15, -0.1) is 0 Å². The van der Waals surface area contributed by atoms with Gasteiger partial charge in [-0.25, -0.2) is 4.79 Å². The van der Waals surface area contributed by atoms with Gasteiger partial charge >= 0.3 is 6.03 Å². The third kappa shape index (κ3) is 4.05. The Kier molecular flexibility index (Phi) is 5.35. The van der Waals surface area contributed by atoms with Gasteiger partial charge in [0.1, 0.15) is 0 Å². The highest BCUT2D eigenvalue weighted by atomic mass is 16.2. The Morgan fingerprint density at radius 1 is 1.22 bits per heavy atom. The number of anilines is 1. The number of benzene rings is 1. The smallest absolute Gasteiger partial charge is 0.319 e. The van der Waals surface area contributed by atoms with E-state index in [0.717, 1.165) is 24.9 Å². The van der Waals surface area contributed by atoms with E-state index in [9.17, 15) is 4.79 Å². The molecule has 2 rings (SSSR count). The Bertz CT molecular complexity index is 533. The third-order valence-electron chi connectivity index (χ3n) is 5.73. The van der Waals surface area contributed by atoms with E-state index in [1.54, 1.807) is 0 Å². The molecule has 4 unspecified atom stereocenters. The van der Waals surface area contributed by atoms with Gasteiger partial charge in [-0.3, -0.25) is 0 Å². The van der Waals surface area contributed by atoms with Crippen molar-refractivity contribution in [1.29, 1.82) is 0 Å². The molecule has 1 fully saturated rings. The number of nitrogens with one attached hydrogen (secondary N) is 3. The minimum atomic E-state index is -0.119. The zero-order valence-electron chi connectivity index (χ0n) is 15.1. The molecule has 0 radical (unpaired) electrons. The summed E-state index contributed by atoms with van der Waals surface area (Å²) in [5, 5.41) is 9.97. The predicted molar refractivity (Wildman–Crippen MR) is 96.7 cm³/mol. The zero-order valence-corrected chi connectivity index (χ0v) is 15.1. The first kappa shape index (κ1) is 17.8. The molecule has 128 valence electrons. The highest BCUT2D eigenvalue weighted by molar-refractivity contribution is 5.89. The van der Waals surface area contributed by atoms with Crippen LogP contribution in [0.2, 0.25) is 0 Å². The molecule has 3 N–H and O–H groups in total. The average Bonchev–Trinajstić information content (AvgIpc) is 2.53. The number of hydrogen-bond acceptors (Lipinski definition) is 2. The lowest BCUT2D eigenvalue weighted by Crippen LogP contribution is -2.68. The van der Waals surface area contributed by atoms with Gasteiger partial charge in [0.05, 0.1) is 0 Å². The van der Waals surface area contributed by atoms with E-state index < -0.39 is 0 Å². The lowest BCUT2D eigenvalue weighted by molar-refractivity contribution is 0.0632. The van der Waals surface area contributed by atoms with Crippen molar-refractivity contribution in [2.75, 3.05) is 5.32 Å². The quantitative estimate of drug-likeness (QED) is 0.781. The zero-order chi connectivity index (χ0) is 17.1. The van der Waals surface area contributed by atoms with Crippen LogP contribution in [0.15, 0.2) is 30.3 Å². The van der Waals surface area contributed by atoms with Crippen LogP contribution >= 0.6 is 0 Å². The molecule has 1 aliphatic heterocycles. The van der Waals surface area contributed by atoms with E-state index in [1.165, 1.54) is 0 Å². The maximum Gasteiger partial charge on any atom is 0.319 e. The molecule has 23 heavy (non-hydrogen) atoms. The highest BCUT2D eigenvalue weighted by Gasteiger charge is 2.46. The standard InChI is InChI=1S/C19H31N3O/c1-6-18(4)13-16(14(3)19(5,7-2)22-18)21-17(23)20-15-11-9-8-10-12-15/h8-12,14,16,22H,6-7,13H2,1-5H3,(H2,20,21,23). The molecule has 2 amide bonds. The first-order chi connectivity index (χ1) is 10.8. The summed E-state index contributed by atoms with van der Waals surface area (Å²) >= 11 is 0. The molecule has 4 atom stereocenters. The number of hydrogen-bond donors (Lipinski definition) is 3. The lowest BCUT2D eigenvalue weighted by Gasteiger charge is -2.53. The topological polar surface area (TPSA) is 53.2 Å². The van der Waals surface area contributed by atoms with Crippen LogP contribution in [0.25, 0.3) is 0 Å². The van der Waals surface area contributed by atoms with E-state index in [4.69, 9.17) is 0 Å². The Morgan fingerprint density at radius 3 is 2.43 bits per heavy atom. The Morgan fingerprint density at radius 2 is 1.87 bits per heavy atom. The number of carbonyl (C=O) groups excluding carboxylic acids is 1. The first-order valence-corrected chi connectivity index (χ1v) is 8.74. The number of para-hydroxylation sites is 1. The number of rotatable bonds is 4. The fraction of sp³-hybridized carbons (Fsp3) is 0.632. The van der Waals surface area contributed by atoms with Crippen molar-refractivity contribution < 1.29 is 4.79 Å². The van der Waals surface area contributed by atoms with E-state index in [2.05, 4.69) is 50.6 Å². The van der Waals surface area contributed by atoms with Gasteiger partial charge < -0.3 is 16.0 Å². The van der Waals surface area contributed by atoms with Crippen LogP contribution in [0.4, 0.5) is 10.5 Å². The second-order valence-electron chi connectivity index (χ2n) is 7.37. The molecule has 1 aliphatic rings. The van der Waals surface area contributed by atoms with Crippen molar-refractivity contribution in [3.8, 4) is 0 Å². The Labute approximate surface area is 140 Å². The van der Waals surface area contributed by atoms with Crippen molar-refractivity contribution in [3.63, 3.8) is 0 Å². The van der Waals surface area contributed by atoms with Crippen molar-refractivity contribution >= 4 is 11.7 Å². The van der Waals surface area contributed by atoms with E-state index in [0.29, 0.717) is 5.92 Å². The molecule has 1 aromatic carbocycles. The number of carbonyl (C=O) groups is 1. The fourth-order valence-electron chi connectivity index (χ4n) is 3.64.